The molecule has 4 heterocycles. The van der Waals surface area contributed by atoms with Gasteiger partial charge in [-0.3, -0.25) is 19.3 Å². The molecule has 0 spiro atoms. The number of benzene rings is 3. The molecule has 1 saturated carbocycles. The van der Waals surface area contributed by atoms with Crippen LogP contribution in [-0.4, -0.2) is 74.7 Å². The third kappa shape index (κ3) is 4.69. The number of methoxy groups -OCH3 is 2. The number of hydrogen-bond donors (Lipinski definition) is 1. The van der Waals surface area contributed by atoms with E-state index in [0.29, 0.717) is 44.4 Å². The highest BCUT2D eigenvalue weighted by molar-refractivity contribution is 9.09. The van der Waals surface area contributed by atoms with E-state index >= 15 is 0 Å². The molecule has 14 nitrogen and oxygen atoms in total. The topological polar surface area (TPSA) is 160 Å². The highest BCUT2D eigenvalue weighted by Gasteiger charge is 2.75. The standard InChI is InChI=1S/C36H31BrCl2N6O8/c1-41-24-15-28(53-3)27(52-2)14-23(24)40-22(30(41)47)11-12-42-33(50)44-13-10-21-25(45(44)34(42)51)16-35(38)31(48)43(17-37)32(49)36(35,39)29(21)20-8-9-26(46)19-7-5-4-6-18(19)20/h4-10,14-15,25,29,46H,11-13,16-17H2,1-3H3. The predicted molar refractivity (Wildman–Crippen MR) is 200 cm³/mol. The third-order valence-electron chi connectivity index (χ3n) is 10.8. The molecule has 1 N–H and O–H groups in total. The summed E-state index contributed by atoms with van der Waals surface area (Å²) in [4.78, 5) is 71.3. The van der Waals surface area contributed by atoms with Crippen molar-refractivity contribution < 1.29 is 24.2 Å². The molecule has 53 heavy (non-hydrogen) atoms. The molecule has 274 valence electrons. The van der Waals surface area contributed by atoms with Crippen LogP contribution in [-0.2, 0) is 36.1 Å². The molecule has 3 aliphatic rings. The number of nitrogens with zero attached hydrogens (tertiary/aromatic N) is 6. The molecule has 2 aromatic heterocycles. The first-order valence-electron chi connectivity index (χ1n) is 16.6. The molecule has 0 radical (unpaired) electrons. The monoisotopic (exact) mass is 824 g/mol. The number of halogens is 3. The van der Waals surface area contributed by atoms with Gasteiger partial charge in [-0.15, -0.1) is 23.2 Å². The summed E-state index contributed by atoms with van der Waals surface area (Å²) in [6.45, 7) is -0.233. The number of alkyl halides is 3. The second-order valence-corrected chi connectivity index (χ2v) is 15.0. The summed E-state index contributed by atoms with van der Waals surface area (Å²) in [6, 6.07) is 12.5. The van der Waals surface area contributed by atoms with Gasteiger partial charge in [-0.05, 0) is 22.6 Å². The molecule has 8 rings (SSSR count). The second kappa shape index (κ2) is 12.4. The highest BCUT2D eigenvalue weighted by Crippen LogP contribution is 2.64. The van der Waals surface area contributed by atoms with Gasteiger partial charge in [0.15, 0.2) is 21.2 Å². The molecular formula is C36H31BrCl2N6O8. The first-order valence-corrected chi connectivity index (χ1v) is 18.4. The zero-order chi connectivity index (χ0) is 37.7. The van der Waals surface area contributed by atoms with Gasteiger partial charge < -0.3 is 19.1 Å². The van der Waals surface area contributed by atoms with Gasteiger partial charge in [0.05, 0.1) is 43.3 Å². The number of aromatic nitrogens is 5. The molecule has 2 aliphatic heterocycles. The number of ether oxygens (including phenoxy) is 2. The number of likely N-dealkylation sites (tertiary alicyclic amines) is 1. The Morgan fingerprint density at radius 2 is 1.66 bits per heavy atom. The van der Waals surface area contributed by atoms with Crippen LogP contribution in [0.2, 0.25) is 0 Å². The van der Waals surface area contributed by atoms with Crippen LogP contribution in [0, 0.1) is 0 Å². The first kappa shape index (κ1) is 35.2. The van der Waals surface area contributed by atoms with Crippen molar-refractivity contribution in [3.05, 3.63) is 103 Å². The zero-order valence-corrected chi connectivity index (χ0v) is 31.6. The molecule has 1 saturated heterocycles. The lowest BCUT2D eigenvalue weighted by Crippen LogP contribution is -2.59. The molecular weight excluding hydrogens is 795 g/mol. The number of phenols is 1. The number of carbonyl (C=O) groups is 2. The number of rotatable bonds is 7. The van der Waals surface area contributed by atoms with Gasteiger partial charge in [-0.1, -0.05) is 52.3 Å². The number of phenolic OH excluding ortho intramolecular Hbond substituents is 1. The van der Waals surface area contributed by atoms with Crippen LogP contribution in [0.5, 0.6) is 17.2 Å². The Balaban J connectivity index is 1.24. The summed E-state index contributed by atoms with van der Waals surface area (Å²) in [5, 5.41) is 11.8. The second-order valence-electron chi connectivity index (χ2n) is 13.3. The van der Waals surface area contributed by atoms with Gasteiger partial charge in [0, 0.05) is 49.9 Å². The SMILES string of the molecule is COc1cc2nc(CCn3c(=O)n4n(c3=O)C3CC5(Cl)C(=O)N(CBr)C(=O)C5(Cl)C(c5ccc(O)c6ccccc56)C3=CC4)c(=O)n(C)c2cc1OC. The van der Waals surface area contributed by atoms with E-state index in [1.54, 1.807) is 55.6 Å². The Morgan fingerprint density at radius 3 is 2.36 bits per heavy atom. The van der Waals surface area contributed by atoms with Crippen molar-refractivity contribution in [1.29, 1.82) is 0 Å². The number of fused-ring (bicyclic) bond motifs is 6. The molecule has 1 aliphatic carbocycles. The maximum atomic E-state index is 14.3. The number of aromatic hydroxyl groups is 1. The summed E-state index contributed by atoms with van der Waals surface area (Å²) in [5.41, 5.74) is 0.219. The number of hydrogen-bond acceptors (Lipinski definition) is 9. The Bertz CT molecular complexity index is 2650. The van der Waals surface area contributed by atoms with Crippen molar-refractivity contribution in [3.8, 4) is 17.2 Å². The van der Waals surface area contributed by atoms with Gasteiger partial charge in [0.2, 0.25) is 0 Å². The molecule has 4 unspecified atom stereocenters. The van der Waals surface area contributed by atoms with E-state index in [9.17, 15) is 29.1 Å². The third-order valence-corrected chi connectivity index (χ3v) is 12.7. The lowest BCUT2D eigenvalue weighted by Gasteiger charge is -2.49. The van der Waals surface area contributed by atoms with Crippen LogP contribution < -0.4 is 26.4 Å². The number of aryl methyl sites for hydroxylation is 2. The fraction of sp³-hybridized carbons (Fsp3) is 0.333. The van der Waals surface area contributed by atoms with Gasteiger partial charge in [0.25, 0.3) is 17.4 Å². The fourth-order valence-corrected chi connectivity index (χ4v) is 9.64. The van der Waals surface area contributed by atoms with Crippen molar-refractivity contribution in [2.45, 2.75) is 47.6 Å². The fourth-order valence-electron chi connectivity index (χ4n) is 8.25. The van der Waals surface area contributed by atoms with Crippen LogP contribution in [0.4, 0.5) is 0 Å². The first-order chi connectivity index (χ1) is 25.3. The Morgan fingerprint density at radius 1 is 0.962 bits per heavy atom. The van der Waals surface area contributed by atoms with E-state index in [2.05, 4.69) is 20.9 Å². The van der Waals surface area contributed by atoms with Crippen molar-refractivity contribution in [1.82, 2.24) is 28.4 Å². The molecule has 5 aromatic rings. The molecule has 0 bridgehead atoms. The smallest absolute Gasteiger partial charge is 0.347 e. The van der Waals surface area contributed by atoms with Gasteiger partial charge in [-0.2, -0.15) is 0 Å². The van der Waals surface area contributed by atoms with Crippen LogP contribution in [0.25, 0.3) is 21.8 Å². The van der Waals surface area contributed by atoms with E-state index in [0.717, 1.165) is 9.47 Å². The van der Waals surface area contributed by atoms with E-state index in [1.807, 2.05) is 0 Å². The van der Waals surface area contributed by atoms with Crippen molar-refractivity contribution >= 4 is 72.8 Å². The number of imide groups is 1. The normalized spacial score (nSPS) is 23.6. The molecule has 4 atom stereocenters. The van der Waals surface area contributed by atoms with Crippen LogP contribution >= 0.6 is 39.1 Å². The van der Waals surface area contributed by atoms with Crippen molar-refractivity contribution in [3.63, 3.8) is 0 Å². The summed E-state index contributed by atoms with van der Waals surface area (Å²) >= 11 is 18.0. The Hall–Kier alpha value is -4.86. The summed E-state index contributed by atoms with van der Waals surface area (Å²) < 4.78 is 15.8. The quantitative estimate of drug-likeness (QED) is 0.112. The van der Waals surface area contributed by atoms with Crippen LogP contribution in [0.1, 0.15) is 29.6 Å². The minimum Gasteiger partial charge on any atom is -0.507 e. The molecule has 3 aromatic carbocycles. The number of allylic oxidation sites excluding steroid dienone is 2. The number of amides is 2. The lowest BCUT2D eigenvalue weighted by atomic mass is 9.63. The van der Waals surface area contributed by atoms with E-state index in [4.69, 9.17) is 32.7 Å². The highest BCUT2D eigenvalue weighted by atomic mass is 79.9. The van der Waals surface area contributed by atoms with E-state index < -0.39 is 50.5 Å². The predicted octanol–water partition coefficient (Wildman–Crippen LogP) is 3.52. The maximum Gasteiger partial charge on any atom is 0.347 e. The largest absolute Gasteiger partial charge is 0.507 e. The minimum atomic E-state index is -2.03. The van der Waals surface area contributed by atoms with E-state index in [-0.39, 0.29) is 42.8 Å². The minimum absolute atomic E-state index is 0.00253. The van der Waals surface area contributed by atoms with Gasteiger partial charge in [0.1, 0.15) is 11.4 Å². The zero-order valence-electron chi connectivity index (χ0n) is 28.5. The summed E-state index contributed by atoms with van der Waals surface area (Å²) in [7, 11) is 4.57. The van der Waals surface area contributed by atoms with Crippen molar-refractivity contribution in [2.24, 2.45) is 7.05 Å². The van der Waals surface area contributed by atoms with Gasteiger partial charge >= 0.3 is 11.4 Å². The van der Waals surface area contributed by atoms with Gasteiger partial charge in [-0.25, -0.2) is 28.5 Å². The Labute approximate surface area is 318 Å². The van der Waals surface area contributed by atoms with Crippen LogP contribution in [0.15, 0.2) is 74.6 Å². The average molecular weight is 826 g/mol. The molecule has 2 amide bonds. The van der Waals surface area contributed by atoms with Crippen LogP contribution in [0.3, 0.4) is 0 Å². The molecule has 17 heteroatoms. The number of carbonyl (C=O) groups excluding carboxylic acids is 2. The van der Waals surface area contributed by atoms with Crippen molar-refractivity contribution in [2.75, 3.05) is 19.7 Å². The summed E-state index contributed by atoms with van der Waals surface area (Å²) in [6.07, 6.45) is 1.42. The maximum absolute atomic E-state index is 14.3. The van der Waals surface area contributed by atoms with E-state index in [1.165, 1.54) is 34.2 Å². The Kier molecular flexibility index (Phi) is 8.20. The average Bonchev–Trinajstić information content (AvgIpc) is 3.49. The molecule has 2 fully saturated rings. The lowest BCUT2D eigenvalue weighted by molar-refractivity contribution is -0.138. The summed E-state index contributed by atoms with van der Waals surface area (Å²) in [5.74, 6) is -1.64.